The summed E-state index contributed by atoms with van der Waals surface area (Å²) in [5, 5.41) is 13.5. The van der Waals surface area contributed by atoms with Crippen LogP contribution in [0.15, 0.2) is 18.2 Å². The van der Waals surface area contributed by atoms with Crippen molar-refractivity contribution in [1.29, 1.82) is 0 Å². The first-order valence-corrected chi connectivity index (χ1v) is 9.52. The lowest BCUT2D eigenvalue weighted by Gasteiger charge is -2.22. The molecule has 0 saturated heterocycles. The number of nitrogens with one attached hydrogen (secondary N) is 1. The van der Waals surface area contributed by atoms with Crippen molar-refractivity contribution in [2.45, 2.75) is 46.4 Å². The third-order valence-corrected chi connectivity index (χ3v) is 4.08. The summed E-state index contributed by atoms with van der Waals surface area (Å²) in [7, 11) is 1.63. The smallest absolute Gasteiger partial charge is 0.161 e. The molecule has 0 aliphatic heterocycles. The number of aliphatic hydroxyl groups excluding tert-OH is 1. The average molecular weight is 369 g/mol. The standard InChI is InChI=1S/C20H36N2O4/c1-6-22(7-2)14-18(23)15-26-19-9-8-17(12-20(19)24-5)13-21-10-11-25-16(3)4/h8-9,12,16,18,21,23H,6-7,10-11,13-15H2,1-5H3/t18-/m0/s1. The van der Waals surface area contributed by atoms with Gasteiger partial charge in [-0.25, -0.2) is 0 Å². The number of nitrogens with zero attached hydrogens (tertiary/aromatic N) is 1. The first-order chi connectivity index (χ1) is 12.5. The minimum absolute atomic E-state index is 0.247. The molecule has 0 heterocycles. The van der Waals surface area contributed by atoms with Gasteiger partial charge in [0.05, 0.1) is 19.8 Å². The molecule has 0 aliphatic rings. The van der Waals surface area contributed by atoms with Gasteiger partial charge in [0.25, 0.3) is 0 Å². The van der Waals surface area contributed by atoms with E-state index in [4.69, 9.17) is 14.2 Å². The molecule has 6 nitrogen and oxygen atoms in total. The summed E-state index contributed by atoms with van der Waals surface area (Å²) < 4.78 is 16.7. The number of rotatable bonds is 14. The molecule has 0 fully saturated rings. The minimum Gasteiger partial charge on any atom is -0.493 e. The van der Waals surface area contributed by atoms with Crippen LogP contribution in [0, 0.1) is 0 Å². The van der Waals surface area contributed by atoms with Crippen molar-refractivity contribution in [2.24, 2.45) is 0 Å². The molecule has 0 amide bonds. The van der Waals surface area contributed by atoms with E-state index >= 15 is 0 Å². The van der Waals surface area contributed by atoms with Gasteiger partial charge in [0.1, 0.15) is 12.7 Å². The molecule has 0 unspecified atom stereocenters. The lowest BCUT2D eigenvalue weighted by Crippen LogP contribution is -2.35. The van der Waals surface area contributed by atoms with Crippen LogP contribution in [0.1, 0.15) is 33.3 Å². The van der Waals surface area contributed by atoms with Crippen LogP contribution < -0.4 is 14.8 Å². The largest absolute Gasteiger partial charge is 0.493 e. The highest BCUT2D eigenvalue weighted by Crippen LogP contribution is 2.28. The Morgan fingerprint density at radius 3 is 2.50 bits per heavy atom. The highest BCUT2D eigenvalue weighted by molar-refractivity contribution is 5.43. The minimum atomic E-state index is -0.526. The van der Waals surface area contributed by atoms with Gasteiger partial charge >= 0.3 is 0 Å². The van der Waals surface area contributed by atoms with Crippen molar-refractivity contribution in [1.82, 2.24) is 10.2 Å². The van der Waals surface area contributed by atoms with E-state index in [9.17, 15) is 5.11 Å². The van der Waals surface area contributed by atoms with Crippen LogP contribution in [-0.4, -0.2) is 68.7 Å². The zero-order valence-corrected chi connectivity index (χ0v) is 17.0. The molecule has 26 heavy (non-hydrogen) atoms. The van der Waals surface area contributed by atoms with E-state index in [0.717, 1.165) is 31.7 Å². The summed E-state index contributed by atoms with van der Waals surface area (Å²) in [6.07, 6.45) is -0.271. The van der Waals surface area contributed by atoms with Crippen LogP contribution in [0.3, 0.4) is 0 Å². The highest BCUT2D eigenvalue weighted by Gasteiger charge is 2.12. The fraction of sp³-hybridized carbons (Fsp3) is 0.700. The monoisotopic (exact) mass is 368 g/mol. The van der Waals surface area contributed by atoms with Crippen molar-refractivity contribution in [2.75, 3.05) is 46.5 Å². The highest BCUT2D eigenvalue weighted by atomic mass is 16.5. The second-order valence-corrected chi connectivity index (χ2v) is 6.53. The third-order valence-electron chi connectivity index (χ3n) is 4.08. The van der Waals surface area contributed by atoms with Gasteiger partial charge in [-0.05, 0) is 44.6 Å². The molecule has 2 N–H and O–H groups in total. The van der Waals surface area contributed by atoms with E-state index < -0.39 is 6.10 Å². The molecule has 150 valence electrons. The van der Waals surface area contributed by atoms with Crippen LogP contribution in [0.5, 0.6) is 11.5 Å². The number of hydrogen-bond donors (Lipinski definition) is 2. The van der Waals surface area contributed by atoms with Crippen molar-refractivity contribution < 1.29 is 19.3 Å². The number of likely N-dealkylation sites (N-methyl/N-ethyl adjacent to an activating group) is 1. The second-order valence-electron chi connectivity index (χ2n) is 6.53. The SMILES string of the molecule is CCN(CC)C[C@H](O)COc1ccc(CNCCOC(C)C)cc1OC. The summed E-state index contributed by atoms with van der Waals surface area (Å²) >= 11 is 0. The second kappa shape index (κ2) is 12.9. The van der Waals surface area contributed by atoms with E-state index in [1.54, 1.807) is 7.11 Å². The summed E-state index contributed by atoms with van der Waals surface area (Å²) in [5.41, 5.74) is 1.11. The Balaban J connectivity index is 2.47. The van der Waals surface area contributed by atoms with Crippen molar-refractivity contribution in [3.8, 4) is 11.5 Å². The fourth-order valence-corrected chi connectivity index (χ4v) is 2.56. The maximum absolute atomic E-state index is 10.1. The van der Waals surface area contributed by atoms with E-state index in [0.29, 0.717) is 24.7 Å². The number of benzene rings is 1. The Kier molecular flexibility index (Phi) is 11.3. The van der Waals surface area contributed by atoms with Gasteiger partial charge in [0, 0.05) is 19.6 Å². The molecule has 1 aromatic carbocycles. The zero-order valence-electron chi connectivity index (χ0n) is 17.0. The van der Waals surface area contributed by atoms with Gasteiger partial charge < -0.3 is 29.5 Å². The predicted molar refractivity (Wildman–Crippen MR) is 105 cm³/mol. The van der Waals surface area contributed by atoms with Crippen LogP contribution in [0.2, 0.25) is 0 Å². The molecule has 0 spiro atoms. The molecular formula is C20H36N2O4. The fourth-order valence-electron chi connectivity index (χ4n) is 2.56. The Morgan fingerprint density at radius 1 is 1.15 bits per heavy atom. The van der Waals surface area contributed by atoms with Gasteiger partial charge in [-0.15, -0.1) is 0 Å². The number of methoxy groups -OCH3 is 1. The Bertz CT molecular complexity index is 493. The summed E-state index contributed by atoms with van der Waals surface area (Å²) in [5.74, 6) is 1.33. The first kappa shape index (κ1) is 22.7. The summed E-state index contributed by atoms with van der Waals surface area (Å²) in [4.78, 5) is 2.17. The molecule has 6 heteroatoms. The Labute approximate surface area is 158 Å². The molecule has 0 bridgehead atoms. The normalized spacial score (nSPS) is 12.6. The molecule has 1 atom stereocenters. The van der Waals surface area contributed by atoms with Crippen molar-refractivity contribution in [3.05, 3.63) is 23.8 Å². The molecule has 1 rings (SSSR count). The van der Waals surface area contributed by atoms with E-state index in [2.05, 4.69) is 24.1 Å². The summed E-state index contributed by atoms with van der Waals surface area (Å²) in [6, 6.07) is 5.86. The lowest BCUT2D eigenvalue weighted by molar-refractivity contribution is 0.0705. The molecule has 0 aliphatic carbocycles. The van der Waals surface area contributed by atoms with Gasteiger partial charge in [-0.2, -0.15) is 0 Å². The lowest BCUT2D eigenvalue weighted by atomic mass is 10.2. The van der Waals surface area contributed by atoms with Gasteiger partial charge in [-0.1, -0.05) is 19.9 Å². The van der Waals surface area contributed by atoms with E-state index in [1.807, 2.05) is 32.0 Å². The van der Waals surface area contributed by atoms with E-state index in [1.165, 1.54) is 0 Å². The van der Waals surface area contributed by atoms with Crippen LogP contribution >= 0.6 is 0 Å². The van der Waals surface area contributed by atoms with Gasteiger partial charge in [0.2, 0.25) is 0 Å². The molecule has 0 radical (unpaired) electrons. The topological polar surface area (TPSA) is 63.2 Å². The quantitative estimate of drug-likeness (QED) is 0.491. The number of aliphatic hydroxyl groups is 1. The molecule has 1 aromatic rings. The zero-order chi connectivity index (χ0) is 19.4. The Hall–Kier alpha value is -1.34. The van der Waals surface area contributed by atoms with Crippen LogP contribution in [0.4, 0.5) is 0 Å². The average Bonchev–Trinajstić information content (AvgIpc) is 2.64. The maximum atomic E-state index is 10.1. The van der Waals surface area contributed by atoms with Crippen molar-refractivity contribution in [3.63, 3.8) is 0 Å². The number of hydrogen-bond acceptors (Lipinski definition) is 6. The Morgan fingerprint density at radius 2 is 1.88 bits per heavy atom. The third kappa shape index (κ3) is 8.85. The first-order valence-electron chi connectivity index (χ1n) is 9.52. The van der Waals surface area contributed by atoms with Gasteiger partial charge in [-0.3, -0.25) is 0 Å². The summed E-state index contributed by atoms with van der Waals surface area (Å²) in [6.45, 7) is 13.2. The van der Waals surface area contributed by atoms with Crippen LogP contribution in [-0.2, 0) is 11.3 Å². The molecule has 0 saturated carbocycles. The molecular weight excluding hydrogens is 332 g/mol. The maximum Gasteiger partial charge on any atom is 0.161 e. The number of ether oxygens (including phenoxy) is 3. The van der Waals surface area contributed by atoms with Crippen molar-refractivity contribution >= 4 is 0 Å². The predicted octanol–water partition coefficient (Wildman–Crippen LogP) is 2.29. The van der Waals surface area contributed by atoms with Crippen LogP contribution in [0.25, 0.3) is 0 Å². The van der Waals surface area contributed by atoms with E-state index in [-0.39, 0.29) is 12.7 Å². The molecule has 0 aromatic heterocycles. The van der Waals surface area contributed by atoms with Gasteiger partial charge in [0.15, 0.2) is 11.5 Å².